The van der Waals surface area contributed by atoms with Crippen molar-refractivity contribution in [1.29, 1.82) is 0 Å². The molecular formula is C16H24N4OS. The van der Waals surface area contributed by atoms with Crippen molar-refractivity contribution in [2.45, 2.75) is 57.1 Å². The number of hydrogen-bond acceptors (Lipinski definition) is 4. The molecule has 0 aliphatic rings. The quantitative estimate of drug-likeness (QED) is 0.569. The predicted octanol–water partition coefficient (Wildman–Crippen LogP) is 3.30. The first-order chi connectivity index (χ1) is 10.7. The second kappa shape index (κ2) is 8.78. The monoisotopic (exact) mass is 320 g/mol. The minimum atomic E-state index is 0.0562. The smallest absolute Gasteiger partial charge is 0.230 e. The molecule has 2 aromatic rings. The molecule has 6 heteroatoms. The molecule has 0 bridgehead atoms. The van der Waals surface area contributed by atoms with Gasteiger partial charge in [0.1, 0.15) is 0 Å². The summed E-state index contributed by atoms with van der Waals surface area (Å²) in [6, 6.07) is 5.99. The van der Waals surface area contributed by atoms with Crippen LogP contribution in [-0.4, -0.2) is 32.3 Å². The fraction of sp³-hybridized carbons (Fsp3) is 0.562. The van der Waals surface area contributed by atoms with E-state index in [-0.39, 0.29) is 11.9 Å². The second-order valence-electron chi connectivity index (χ2n) is 5.52. The van der Waals surface area contributed by atoms with Gasteiger partial charge in [-0.25, -0.2) is 0 Å². The number of nitrogens with one attached hydrogen (secondary N) is 1. The van der Waals surface area contributed by atoms with Crippen LogP contribution >= 0.6 is 11.8 Å². The van der Waals surface area contributed by atoms with Crippen LogP contribution in [-0.2, 0) is 4.79 Å². The molecule has 0 aliphatic heterocycles. The van der Waals surface area contributed by atoms with E-state index in [0.717, 1.165) is 17.2 Å². The number of aromatic nitrogens is 3. The lowest BCUT2D eigenvalue weighted by molar-refractivity contribution is -0.119. The summed E-state index contributed by atoms with van der Waals surface area (Å²) in [4.78, 5) is 12.0. The molecule has 0 saturated carbocycles. The Hall–Kier alpha value is -1.56. The number of unbranched alkanes of at least 4 members (excludes halogenated alkanes) is 3. The standard InChI is InChI=1S/C16H24N4OS/c1-3-4-5-6-9-13(2)17-15(21)12-22-16-19-18-14-10-7-8-11-20(14)16/h7-8,10-11,13H,3-6,9,12H2,1-2H3,(H,17,21)/t13-/m0/s1. The zero-order chi connectivity index (χ0) is 15.8. The van der Waals surface area contributed by atoms with Crippen LogP contribution in [0.3, 0.4) is 0 Å². The van der Waals surface area contributed by atoms with Gasteiger partial charge in [-0.05, 0) is 25.5 Å². The van der Waals surface area contributed by atoms with E-state index >= 15 is 0 Å². The van der Waals surface area contributed by atoms with E-state index in [0.29, 0.717) is 5.75 Å². The first-order valence-corrected chi connectivity index (χ1v) is 8.91. The molecule has 1 amide bonds. The molecule has 0 aliphatic carbocycles. The predicted molar refractivity (Wildman–Crippen MR) is 90.1 cm³/mol. The topological polar surface area (TPSA) is 59.3 Å². The molecule has 0 unspecified atom stereocenters. The molecule has 2 rings (SSSR count). The minimum absolute atomic E-state index is 0.0562. The number of amides is 1. The zero-order valence-electron chi connectivity index (χ0n) is 13.3. The molecule has 2 heterocycles. The molecule has 0 saturated heterocycles. The number of pyridine rings is 1. The fourth-order valence-electron chi connectivity index (χ4n) is 2.31. The maximum atomic E-state index is 12.0. The van der Waals surface area contributed by atoms with Gasteiger partial charge in [0.05, 0.1) is 5.75 Å². The highest BCUT2D eigenvalue weighted by Gasteiger charge is 2.10. The Morgan fingerprint density at radius 2 is 2.18 bits per heavy atom. The minimum Gasteiger partial charge on any atom is -0.353 e. The molecule has 22 heavy (non-hydrogen) atoms. The summed E-state index contributed by atoms with van der Waals surface area (Å²) in [6.07, 6.45) is 7.89. The van der Waals surface area contributed by atoms with Gasteiger partial charge >= 0.3 is 0 Å². The van der Waals surface area contributed by atoms with Crippen molar-refractivity contribution in [3.63, 3.8) is 0 Å². The highest BCUT2D eigenvalue weighted by Crippen LogP contribution is 2.16. The summed E-state index contributed by atoms with van der Waals surface area (Å²) >= 11 is 1.42. The van der Waals surface area contributed by atoms with Gasteiger partial charge in [-0.2, -0.15) is 0 Å². The number of thioether (sulfide) groups is 1. The van der Waals surface area contributed by atoms with Crippen molar-refractivity contribution in [1.82, 2.24) is 19.9 Å². The van der Waals surface area contributed by atoms with Crippen molar-refractivity contribution in [3.8, 4) is 0 Å². The number of carbonyl (C=O) groups excluding carboxylic acids is 1. The average Bonchev–Trinajstić information content (AvgIpc) is 2.93. The van der Waals surface area contributed by atoms with Crippen LogP contribution in [0.15, 0.2) is 29.6 Å². The summed E-state index contributed by atoms with van der Waals surface area (Å²) in [6.45, 7) is 4.28. The molecule has 0 radical (unpaired) electrons. The van der Waals surface area contributed by atoms with Gasteiger partial charge in [0, 0.05) is 12.2 Å². The maximum Gasteiger partial charge on any atom is 0.230 e. The van der Waals surface area contributed by atoms with Gasteiger partial charge < -0.3 is 5.32 Å². The van der Waals surface area contributed by atoms with Crippen LogP contribution in [0.5, 0.6) is 0 Å². The zero-order valence-corrected chi connectivity index (χ0v) is 14.1. The van der Waals surface area contributed by atoms with E-state index < -0.39 is 0 Å². The van der Waals surface area contributed by atoms with E-state index in [1.807, 2.05) is 28.8 Å². The molecule has 5 nitrogen and oxygen atoms in total. The third-order valence-electron chi connectivity index (χ3n) is 3.51. The Kier molecular flexibility index (Phi) is 6.71. The van der Waals surface area contributed by atoms with Gasteiger partial charge in [0.15, 0.2) is 10.8 Å². The first kappa shape index (κ1) is 16.8. The summed E-state index contributed by atoms with van der Waals surface area (Å²) < 4.78 is 1.89. The number of carbonyl (C=O) groups is 1. The maximum absolute atomic E-state index is 12.0. The highest BCUT2D eigenvalue weighted by molar-refractivity contribution is 7.99. The van der Waals surface area contributed by atoms with Crippen LogP contribution in [0, 0.1) is 0 Å². The molecule has 2 aromatic heterocycles. The van der Waals surface area contributed by atoms with Crippen LogP contribution < -0.4 is 5.32 Å². The van der Waals surface area contributed by atoms with Crippen molar-refractivity contribution in [2.24, 2.45) is 0 Å². The van der Waals surface area contributed by atoms with Crippen LogP contribution in [0.25, 0.3) is 5.65 Å². The Bertz CT molecular complexity index is 599. The van der Waals surface area contributed by atoms with E-state index in [4.69, 9.17) is 0 Å². The lowest BCUT2D eigenvalue weighted by atomic mass is 10.1. The number of fused-ring (bicyclic) bond motifs is 1. The molecule has 0 fully saturated rings. The van der Waals surface area contributed by atoms with Crippen molar-refractivity contribution in [3.05, 3.63) is 24.4 Å². The van der Waals surface area contributed by atoms with Crippen molar-refractivity contribution < 1.29 is 4.79 Å². The van der Waals surface area contributed by atoms with Crippen LogP contribution in [0.2, 0.25) is 0 Å². The number of hydrogen-bond donors (Lipinski definition) is 1. The lowest BCUT2D eigenvalue weighted by Crippen LogP contribution is -2.33. The van der Waals surface area contributed by atoms with E-state index in [2.05, 4.69) is 29.4 Å². The normalized spacial score (nSPS) is 12.5. The highest BCUT2D eigenvalue weighted by atomic mass is 32.2. The van der Waals surface area contributed by atoms with E-state index in [1.54, 1.807) is 0 Å². The average molecular weight is 320 g/mol. The first-order valence-electron chi connectivity index (χ1n) is 7.92. The van der Waals surface area contributed by atoms with Gasteiger partial charge in [-0.15, -0.1) is 10.2 Å². The van der Waals surface area contributed by atoms with Gasteiger partial charge in [-0.3, -0.25) is 9.20 Å². The summed E-state index contributed by atoms with van der Waals surface area (Å²) in [5.41, 5.74) is 0.801. The summed E-state index contributed by atoms with van der Waals surface area (Å²) in [5, 5.41) is 12.0. The van der Waals surface area contributed by atoms with Gasteiger partial charge in [0.25, 0.3) is 0 Å². The molecule has 0 spiro atoms. The summed E-state index contributed by atoms with van der Waals surface area (Å²) in [7, 11) is 0. The SMILES string of the molecule is CCCCCC[C@H](C)NC(=O)CSc1nnc2ccccn12. The van der Waals surface area contributed by atoms with Crippen LogP contribution in [0.4, 0.5) is 0 Å². The largest absolute Gasteiger partial charge is 0.353 e. The van der Waals surface area contributed by atoms with Gasteiger partial charge in [-0.1, -0.05) is 50.4 Å². The van der Waals surface area contributed by atoms with Crippen LogP contribution in [0.1, 0.15) is 46.0 Å². The molecule has 1 atom stereocenters. The molecular weight excluding hydrogens is 296 g/mol. The number of nitrogens with zero attached hydrogens (tertiary/aromatic N) is 3. The molecule has 120 valence electrons. The Balaban J connectivity index is 1.73. The number of rotatable bonds is 9. The Morgan fingerprint density at radius 1 is 1.32 bits per heavy atom. The second-order valence-corrected chi connectivity index (χ2v) is 6.46. The molecule has 0 aromatic carbocycles. The lowest BCUT2D eigenvalue weighted by Gasteiger charge is -2.13. The Labute approximate surface area is 135 Å². The third-order valence-corrected chi connectivity index (χ3v) is 4.46. The van der Waals surface area contributed by atoms with E-state index in [9.17, 15) is 4.79 Å². The third kappa shape index (κ3) is 5.02. The summed E-state index contributed by atoms with van der Waals surface area (Å²) in [5.74, 6) is 0.426. The van der Waals surface area contributed by atoms with Crippen molar-refractivity contribution in [2.75, 3.05) is 5.75 Å². The molecule has 1 N–H and O–H groups in total. The van der Waals surface area contributed by atoms with E-state index in [1.165, 1.54) is 37.4 Å². The van der Waals surface area contributed by atoms with Crippen molar-refractivity contribution >= 4 is 23.3 Å². The fourth-order valence-corrected chi connectivity index (χ4v) is 3.05. The Morgan fingerprint density at radius 3 is 3.00 bits per heavy atom. The van der Waals surface area contributed by atoms with Gasteiger partial charge in [0.2, 0.25) is 5.91 Å².